The molecule has 15 heavy (non-hydrogen) atoms. The van der Waals surface area contributed by atoms with Crippen LogP contribution in [0, 0.1) is 0 Å². The van der Waals surface area contributed by atoms with Crippen LogP contribution >= 0.6 is 11.8 Å². The van der Waals surface area contributed by atoms with Crippen LogP contribution in [0.1, 0.15) is 12.5 Å². The lowest BCUT2D eigenvalue weighted by atomic mass is 10.2. The van der Waals surface area contributed by atoms with Gasteiger partial charge in [0.1, 0.15) is 5.25 Å². The minimum absolute atomic E-state index is 0.408. The van der Waals surface area contributed by atoms with Crippen molar-refractivity contribution >= 4 is 17.7 Å². The molecule has 0 aliphatic rings. The lowest BCUT2D eigenvalue weighted by molar-refractivity contribution is -0.136. The maximum atomic E-state index is 10.7. The molecule has 0 spiro atoms. The minimum atomic E-state index is -0.779. The Morgan fingerprint density at radius 3 is 2.93 bits per heavy atom. The molecule has 0 aliphatic carbocycles. The van der Waals surface area contributed by atoms with Crippen LogP contribution in [0.5, 0.6) is 0 Å². The molecule has 0 fully saturated rings. The maximum Gasteiger partial charge on any atom is 0.316 e. The van der Waals surface area contributed by atoms with Crippen LogP contribution in [0.3, 0.4) is 0 Å². The van der Waals surface area contributed by atoms with Crippen LogP contribution in [0.2, 0.25) is 0 Å². The zero-order chi connectivity index (χ0) is 11.3. The van der Waals surface area contributed by atoms with Crippen LogP contribution in [0.4, 0.5) is 0 Å². The van der Waals surface area contributed by atoms with Gasteiger partial charge in [-0.25, -0.2) is 0 Å². The molecule has 0 radical (unpaired) electrons. The molecule has 0 aromatic heterocycles. The summed E-state index contributed by atoms with van der Waals surface area (Å²) in [6, 6.07) is 7.92. The van der Waals surface area contributed by atoms with Crippen LogP contribution < -0.4 is 5.32 Å². The highest BCUT2D eigenvalue weighted by molar-refractivity contribution is 8.00. The fourth-order valence-electron chi connectivity index (χ4n) is 1.19. The van der Waals surface area contributed by atoms with Gasteiger partial charge in [0, 0.05) is 11.4 Å². The van der Waals surface area contributed by atoms with Crippen molar-refractivity contribution in [3.8, 4) is 0 Å². The normalized spacial score (nSPS) is 12.4. The smallest absolute Gasteiger partial charge is 0.316 e. The molecule has 0 saturated heterocycles. The van der Waals surface area contributed by atoms with Crippen LogP contribution in [0.15, 0.2) is 29.2 Å². The summed E-state index contributed by atoms with van der Waals surface area (Å²) in [7, 11) is 1.89. The van der Waals surface area contributed by atoms with E-state index in [4.69, 9.17) is 5.11 Å². The molecular formula is C11H15NO2S. The third kappa shape index (κ3) is 3.93. The number of rotatable bonds is 5. The Morgan fingerprint density at radius 2 is 2.33 bits per heavy atom. The molecule has 0 amide bonds. The summed E-state index contributed by atoms with van der Waals surface area (Å²) in [5, 5.41) is 11.4. The zero-order valence-corrected chi connectivity index (χ0v) is 9.67. The van der Waals surface area contributed by atoms with E-state index in [-0.39, 0.29) is 0 Å². The molecule has 1 aromatic rings. The molecule has 4 heteroatoms. The Labute approximate surface area is 93.9 Å². The average Bonchev–Trinajstić information content (AvgIpc) is 2.18. The summed E-state index contributed by atoms with van der Waals surface area (Å²) >= 11 is 1.36. The number of aliphatic carboxylic acids is 1. The first kappa shape index (κ1) is 12.1. The molecular weight excluding hydrogens is 210 g/mol. The van der Waals surface area contributed by atoms with Crippen molar-refractivity contribution < 1.29 is 9.90 Å². The number of benzene rings is 1. The Bertz CT molecular complexity index is 341. The highest BCUT2D eigenvalue weighted by Crippen LogP contribution is 2.24. The van der Waals surface area contributed by atoms with Crippen molar-refractivity contribution in [1.82, 2.24) is 5.32 Å². The van der Waals surface area contributed by atoms with Crippen molar-refractivity contribution in [3.63, 3.8) is 0 Å². The predicted molar refractivity (Wildman–Crippen MR) is 62.2 cm³/mol. The quantitative estimate of drug-likeness (QED) is 0.752. The fraction of sp³-hybridized carbons (Fsp3) is 0.364. The predicted octanol–water partition coefficient (Wildman–Crippen LogP) is 1.97. The van der Waals surface area contributed by atoms with Gasteiger partial charge in [-0.1, -0.05) is 12.1 Å². The number of thioether (sulfide) groups is 1. The second-order valence-corrected chi connectivity index (χ2v) is 4.69. The molecule has 0 saturated carbocycles. The molecule has 0 aliphatic heterocycles. The first-order valence-electron chi connectivity index (χ1n) is 4.76. The monoisotopic (exact) mass is 225 g/mol. The maximum absolute atomic E-state index is 10.7. The second-order valence-electron chi connectivity index (χ2n) is 3.28. The Balaban J connectivity index is 2.68. The van der Waals surface area contributed by atoms with Gasteiger partial charge < -0.3 is 10.4 Å². The van der Waals surface area contributed by atoms with Gasteiger partial charge in [-0.3, -0.25) is 4.79 Å². The van der Waals surface area contributed by atoms with Gasteiger partial charge in [-0.05, 0) is 31.7 Å². The van der Waals surface area contributed by atoms with Crippen molar-refractivity contribution in [2.75, 3.05) is 7.05 Å². The van der Waals surface area contributed by atoms with Gasteiger partial charge in [-0.2, -0.15) is 0 Å². The van der Waals surface area contributed by atoms with Crippen molar-refractivity contribution in [2.24, 2.45) is 0 Å². The van der Waals surface area contributed by atoms with Gasteiger partial charge in [0.2, 0.25) is 0 Å². The van der Waals surface area contributed by atoms with E-state index in [0.717, 1.165) is 11.4 Å². The van der Waals surface area contributed by atoms with E-state index < -0.39 is 11.2 Å². The van der Waals surface area contributed by atoms with E-state index in [1.165, 1.54) is 17.3 Å². The number of carboxylic acid groups (broad SMARTS) is 1. The molecule has 0 bridgehead atoms. The van der Waals surface area contributed by atoms with E-state index in [1.54, 1.807) is 6.92 Å². The van der Waals surface area contributed by atoms with E-state index in [1.807, 2.05) is 31.3 Å². The minimum Gasteiger partial charge on any atom is -0.480 e. The molecule has 82 valence electrons. The lowest BCUT2D eigenvalue weighted by Gasteiger charge is -2.07. The number of carbonyl (C=O) groups is 1. The van der Waals surface area contributed by atoms with Crippen molar-refractivity contribution in [1.29, 1.82) is 0 Å². The van der Waals surface area contributed by atoms with Crippen LogP contribution in [-0.4, -0.2) is 23.4 Å². The largest absolute Gasteiger partial charge is 0.480 e. The summed E-state index contributed by atoms with van der Waals surface area (Å²) < 4.78 is 0. The number of nitrogens with one attached hydrogen (secondary N) is 1. The topological polar surface area (TPSA) is 49.3 Å². The Kier molecular flexibility index (Phi) is 4.65. The van der Waals surface area contributed by atoms with E-state index in [0.29, 0.717) is 0 Å². The summed E-state index contributed by atoms with van der Waals surface area (Å²) in [6.07, 6.45) is 0. The Hall–Kier alpha value is -1.00. The molecule has 1 rings (SSSR count). The molecule has 1 aromatic carbocycles. The molecule has 1 atom stereocenters. The molecule has 1 unspecified atom stereocenters. The zero-order valence-electron chi connectivity index (χ0n) is 8.86. The summed E-state index contributed by atoms with van der Waals surface area (Å²) in [5.74, 6) is -0.779. The first-order chi connectivity index (χ1) is 7.13. The number of carboxylic acids is 1. The lowest BCUT2D eigenvalue weighted by Crippen LogP contribution is -2.11. The summed E-state index contributed by atoms with van der Waals surface area (Å²) in [5.41, 5.74) is 1.17. The van der Waals surface area contributed by atoms with Crippen molar-refractivity contribution in [3.05, 3.63) is 29.8 Å². The SMILES string of the molecule is CNCc1cccc(SC(C)C(=O)O)c1. The molecule has 2 N–H and O–H groups in total. The van der Waals surface area contributed by atoms with Gasteiger partial charge in [0.25, 0.3) is 0 Å². The van der Waals surface area contributed by atoms with E-state index in [9.17, 15) is 4.79 Å². The number of hydrogen-bond donors (Lipinski definition) is 2. The third-order valence-electron chi connectivity index (χ3n) is 1.94. The van der Waals surface area contributed by atoms with Gasteiger partial charge >= 0.3 is 5.97 Å². The Morgan fingerprint density at radius 1 is 1.60 bits per heavy atom. The summed E-state index contributed by atoms with van der Waals surface area (Å²) in [4.78, 5) is 11.7. The summed E-state index contributed by atoms with van der Waals surface area (Å²) in [6.45, 7) is 2.49. The van der Waals surface area contributed by atoms with Crippen LogP contribution in [0.25, 0.3) is 0 Å². The fourth-order valence-corrected chi connectivity index (χ4v) is 2.07. The molecule has 3 nitrogen and oxygen atoms in total. The molecule has 0 heterocycles. The standard InChI is InChI=1S/C11H15NO2S/c1-8(11(13)14)15-10-5-3-4-9(6-10)7-12-2/h3-6,8,12H,7H2,1-2H3,(H,13,14). The highest BCUT2D eigenvalue weighted by atomic mass is 32.2. The van der Waals surface area contributed by atoms with Crippen LogP contribution in [-0.2, 0) is 11.3 Å². The van der Waals surface area contributed by atoms with Gasteiger partial charge in [0.05, 0.1) is 0 Å². The average molecular weight is 225 g/mol. The van der Waals surface area contributed by atoms with E-state index in [2.05, 4.69) is 5.32 Å². The number of hydrogen-bond acceptors (Lipinski definition) is 3. The second kappa shape index (κ2) is 5.78. The van der Waals surface area contributed by atoms with Gasteiger partial charge in [0.15, 0.2) is 0 Å². The third-order valence-corrected chi connectivity index (χ3v) is 3.02. The van der Waals surface area contributed by atoms with E-state index >= 15 is 0 Å². The highest BCUT2D eigenvalue weighted by Gasteiger charge is 2.12. The van der Waals surface area contributed by atoms with Crippen molar-refractivity contribution in [2.45, 2.75) is 23.6 Å². The van der Waals surface area contributed by atoms with Gasteiger partial charge in [-0.15, -0.1) is 11.8 Å². The first-order valence-corrected chi connectivity index (χ1v) is 5.64.